The summed E-state index contributed by atoms with van der Waals surface area (Å²) in [7, 11) is -2.65. The number of anilines is 1. The predicted octanol–water partition coefficient (Wildman–Crippen LogP) is 2.79. The van der Waals surface area contributed by atoms with Crippen molar-refractivity contribution in [1.29, 1.82) is 0 Å². The van der Waals surface area contributed by atoms with Crippen molar-refractivity contribution < 1.29 is 14.3 Å². The predicted molar refractivity (Wildman–Crippen MR) is 92.2 cm³/mol. The van der Waals surface area contributed by atoms with Crippen LogP contribution >= 0.6 is 8.03 Å². The highest BCUT2D eigenvalue weighted by molar-refractivity contribution is 7.48. The zero-order chi connectivity index (χ0) is 17.1. The molecule has 1 unspecified atom stereocenters. The van der Waals surface area contributed by atoms with Gasteiger partial charge in [-0.3, -0.25) is 4.79 Å². The van der Waals surface area contributed by atoms with E-state index in [-0.39, 0.29) is 17.0 Å². The quantitative estimate of drug-likeness (QED) is 0.715. The summed E-state index contributed by atoms with van der Waals surface area (Å²) in [6.07, 6.45) is 0. The summed E-state index contributed by atoms with van der Waals surface area (Å²) in [6.45, 7) is 1.64. The molecule has 0 radical (unpaired) electrons. The average Bonchev–Trinajstić information content (AvgIpc) is 2.92. The van der Waals surface area contributed by atoms with E-state index in [0.717, 1.165) is 0 Å². The van der Waals surface area contributed by atoms with Crippen molar-refractivity contribution >= 4 is 25.1 Å². The molecule has 0 aliphatic carbocycles. The van der Waals surface area contributed by atoms with Gasteiger partial charge in [-0.15, -0.1) is 0 Å². The second kappa shape index (κ2) is 6.74. The number of carbonyl (C=O) groups is 1. The van der Waals surface area contributed by atoms with E-state index in [4.69, 9.17) is 0 Å². The third kappa shape index (κ3) is 3.11. The number of aryl methyl sites for hydroxylation is 1. The Hall–Kier alpha value is -2.82. The number of nitrogens with one attached hydrogen (secondary N) is 1. The van der Waals surface area contributed by atoms with Crippen LogP contribution in [0.25, 0.3) is 5.69 Å². The minimum Gasteiger partial charge on any atom is -0.303 e. The number of carbonyl (C=O) groups excluding carboxylic acids is 1. The minimum atomic E-state index is -2.65. The molecule has 1 heterocycles. The summed E-state index contributed by atoms with van der Waals surface area (Å²) in [4.78, 5) is 22.1. The van der Waals surface area contributed by atoms with Gasteiger partial charge in [0.05, 0.1) is 5.69 Å². The lowest BCUT2D eigenvalue weighted by molar-refractivity contribution is 0.102. The van der Waals surface area contributed by atoms with Crippen LogP contribution in [0.15, 0.2) is 60.7 Å². The second-order valence-electron chi connectivity index (χ2n) is 5.12. The molecule has 120 valence electrons. The fraction of sp³-hybridized carbons (Fsp3) is 0.0588. The van der Waals surface area contributed by atoms with Crippen molar-refractivity contribution in [2.75, 3.05) is 5.32 Å². The van der Waals surface area contributed by atoms with Gasteiger partial charge in [-0.2, -0.15) is 9.99 Å². The van der Waals surface area contributed by atoms with Crippen LogP contribution in [0.2, 0.25) is 0 Å². The fourth-order valence-electron chi connectivity index (χ4n) is 2.39. The van der Waals surface area contributed by atoms with E-state index in [1.54, 1.807) is 43.3 Å². The molecule has 7 heteroatoms. The molecule has 2 N–H and O–H groups in total. The van der Waals surface area contributed by atoms with E-state index in [9.17, 15) is 14.3 Å². The summed E-state index contributed by atoms with van der Waals surface area (Å²) in [5.74, 6) is -0.165. The number of hydrogen-bond acceptors (Lipinski definition) is 3. The maximum atomic E-state index is 12.5. The van der Waals surface area contributed by atoms with Gasteiger partial charge in [0.15, 0.2) is 5.82 Å². The molecule has 24 heavy (non-hydrogen) atoms. The average molecular weight is 340 g/mol. The summed E-state index contributed by atoms with van der Waals surface area (Å²) in [6, 6.07) is 17.8. The summed E-state index contributed by atoms with van der Waals surface area (Å²) in [5, 5.41) is 7.14. The van der Waals surface area contributed by atoms with Crippen molar-refractivity contribution in [2.45, 2.75) is 6.92 Å². The van der Waals surface area contributed by atoms with E-state index in [0.29, 0.717) is 16.9 Å². The maximum Gasteiger partial charge on any atom is 0.552 e. The highest BCUT2D eigenvalue weighted by atomic mass is 31.1. The molecule has 0 aliphatic rings. The molecule has 1 amide bonds. The Labute approximate surface area is 139 Å². The van der Waals surface area contributed by atoms with Crippen LogP contribution in [0, 0.1) is 6.92 Å². The first-order chi connectivity index (χ1) is 11.6. The van der Waals surface area contributed by atoms with Crippen LogP contribution < -0.4 is 10.6 Å². The van der Waals surface area contributed by atoms with Crippen LogP contribution in [0.3, 0.4) is 0 Å². The molecule has 0 spiro atoms. The highest BCUT2D eigenvalue weighted by Gasteiger charge is 2.32. The highest BCUT2D eigenvalue weighted by Crippen LogP contribution is 2.25. The van der Waals surface area contributed by atoms with E-state index in [1.807, 2.05) is 24.3 Å². The van der Waals surface area contributed by atoms with Gasteiger partial charge in [-0.25, -0.2) is 4.68 Å². The van der Waals surface area contributed by atoms with E-state index in [1.165, 1.54) is 4.68 Å². The molecule has 1 atom stereocenters. The Morgan fingerprint density at radius 3 is 2.25 bits per heavy atom. The molecule has 0 aliphatic heterocycles. The van der Waals surface area contributed by atoms with Crippen molar-refractivity contribution in [3.05, 3.63) is 71.9 Å². The van der Waals surface area contributed by atoms with Gasteiger partial charge in [0.1, 0.15) is 5.69 Å². The fourth-order valence-corrected chi connectivity index (χ4v) is 3.04. The molecule has 3 aromatic rings. The summed E-state index contributed by atoms with van der Waals surface area (Å²) < 4.78 is 13.2. The van der Waals surface area contributed by atoms with Gasteiger partial charge < -0.3 is 5.32 Å². The van der Waals surface area contributed by atoms with Gasteiger partial charge in [0, 0.05) is 5.56 Å². The SMILES string of the molecule is Cc1nn(-c2ccccc2)c(NC(=O)c2ccccc2)c1[P+](=O)O. The van der Waals surface area contributed by atoms with Crippen molar-refractivity contribution in [2.24, 2.45) is 0 Å². The van der Waals surface area contributed by atoms with Gasteiger partial charge in [0.25, 0.3) is 11.2 Å². The van der Waals surface area contributed by atoms with Crippen molar-refractivity contribution in [3.63, 3.8) is 0 Å². The Morgan fingerprint density at radius 2 is 1.67 bits per heavy atom. The zero-order valence-electron chi connectivity index (χ0n) is 12.9. The third-order valence-electron chi connectivity index (χ3n) is 3.49. The smallest absolute Gasteiger partial charge is 0.303 e. The standard InChI is InChI=1S/C17H14N3O3P/c1-12-15(24(22)23)16(18-17(21)13-8-4-2-5-9-13)20(19-12)14-10-6-3-7-11-14/h2-11H,1H3,(H-,18,19,21,22,23)/p+1. The number of nitrogens with zero attached hydrogens (tertiary/aromatic N) is 2. The van der Waals surface area contributed by atoms with Crippen LogP contribution in [0.4, 0.5) is 5.82 Å². The Balaban J connectivity index is 2.08. The molecule has 0 saturated carbocycles. The number of amides is 1. The number of rotatable bonds is 4. The van der Waals surface area contributed by atoms with Crippen LogP contribution in [-0.4, -0.2) is 20.6 Å². The van der Waals surface area contributed by atoms with Gasteiger partial charge >= 0.3 is 8.03 Å². The molecule has 0 bridgehead atoms. The van der Waals surface area contributed by atoms with Crippen molar-refractivity contribution in [1.82, 2.24) is 9.78 Å². The lowest BCUT2D eigenvalue weighted by atomic mass is 10.2. The molecule has 0 saturated heterocycles. The molecular weight excluding hydrogens is 325 g/mol. The zero-order valence-corrected chi connectivity index (χ0v) is 13.8. The largest absolute Gasteiger partial charge is 0.552 e. The number of benzene rings is 2. The first kappa shape index (κ1) is 16.1. The molecule has 2 aromatic carbocycles. The number of para-hydroxylation sites is 1. The Morgan fingerprint density at radius 1 is 1.08 bits per heavy atom. The number of aromatic nitrogens is 2. The summed E-state index contributed by atoms with van der Waals surface area (Å²) in [5.41, 5.74) is 1.54. The molecule has 0 fully saturated rings. The van der Waals surface area contributed by atoms with Crippen LogP contribution in [0.5, 0.6) is 0 Å². The molecule has 3 rings (SSSR count). The first-order valence-electron chi connectivity index (χ1n) is 7.25. The minimum absolute atomic E-state index is 0.123. The maximum absolute atomic E-state index is 12.5. The van der Waals surface area contributed by atoms with E-state index >= 15 is 0 Å². The third-order valence-corrected chi connectivity index (χ3v) is 4.41. The normalized spacial score (nSPS) is 11.2. The molecular formula is C17H15N3O3P+. The first-order valence-corrected chi connectivity index (χ1v) is 8.46. The van der Waals surface area contributed by atoms with Crippen LogP contribution in [0.1, 0.15) is 16.1 Å². The summed E-state index contributed by atoms with van der Waals surface area (Å²) >= 11 is 0. The Bertz CT molecular complexity index is 892. The second-order valence-corrected chi connectivity index (χ2v) is 6.12. The topological polar surface area (TPSA) is 84.2 Å². The van der Waals surface area contributed by atoms with Gasteiger partial charge in [-0.1, -0.05) is 36.4 Å². The van der Waals surface area contributed by atoms with Gasteiger partial charge in [0.2, 0.25) is 0 Å². The molecule has 1 aromatic heterocycles. The van der Waals surface area contributed by atoms with Gasteiger partial charge in [-0.05, 0) is 35.8 Å². The van der Waals surface area contributed by atoms with Crippen LogP contribution in [-0.2, 0) is 4.57 Å². The Kier molecular flexibility index (Phi) is 4.51. The van der Waals surface area contributed by atoms with E-state index in [2.05, 4.69) is 10.4 Å². The van der Waals surface area contributed by atoms with Crippen molar-refractivity contribution in [3.8, 4) is 5.69 Å². The number of hydrogen-bond donors (Lipinski definition) is 2. The lowest BCUT2D eigenvalue weighted by Crippen LogP contribution is -2.19. The monoisotopic (exact) mass is 340 g/mol. The lowest BCUT2D eigenvalue weighted by Gasteiger charge is -2.08. The molecule has 6 nitrogen and oxygen atoms in total. The van der Waals surface area contributed by atoms with E-state index < -0.39 is 8.03 Å².